The lowest BCUT2D eigenvalue weighted by Crippen LogP contribution is -2.44. The van der Waals surface area contributed by atoms with Crippen LogP contribution in [0.2, 0.25) is 0 Å². The summed E-state index contributed by atoms with van der Waals surface area (Å²) < 4.78 is 5.39. The van der Waals surface area contributed by atoms with Crippen LogP contribution in [-0.4, -0.2) is 38.3 Å². The Balaban J connectivity index is 1.74. The van der Waals surface area contributed by atoms with E-state index in [1.54, 1.807) is 0 Å². The fourth-order valence-corrected chi connectivity index (χ4v) is 2.50. The molecule has 1 aliphatic heterocycles. The first-order chi connectivity index (χ1) is 8.22. The third kappa shape index (κ3) is 3.42. The third-order valence-corrected chi connectivity index (χ3v) is 3.91. The van der Waals surface area contributed by atoms with E-state index in [0.717, 1.165) is 19.0 Å². The number of ether oxygens (including phenoxy) is 1. The maximum atomic E-state index is 12.0. The molecule has 0 aromatic carbocycles. The summed E-state index contributed by atoms with van der Waals surface area (Å²) in [6, 6.07) is 0.191. The summed E-state index contributed by atoms with van der Waals surface area (Å²) in [6.45, 7) is 7.20. The molecule has 4 nitrogen and oxygen atoms in total. The van der Waals surface area contributed by atoms with Gasteiger partial charge in [0.15, 0.2) is 0 Å². The first-order valence-electron chi connectivity index (χ1n) is 6.81. The predicted molar refractivity (Wildman–Crippen MR) is 66.7 cm³/mol. The van der Waals surface area contributed by atoms with Gasteiger partial charge in [-0.25, -0.2) is 0 Å². The molecule has 1 amide bonds. The largest absolute Gasteiger partial charge is 0.379 e. The van der Waals surface area contributed by atoms with E-state index in [2.05, 4.69) is 24.5 Å². The summed E-state index contributed by atoms with van der Waals surface area (Å²) in [5, 5.41) is 6.39. The van der Waals surface area contributed by atoms with Gasteiger partial charge in [-0.2, -0.15) is 0 Å². The summed E-state index contributed by atoms with van der Waals surface area (Å²) in [5.41, 5.74) is 0. The molecule has 3 atom stereocenters. The summed E-state index contributed by atoms with van der Waals surface area (Å²) in [4.78, 5) is 12.0. The zero-order valence-corrected chi connectivity index (χ0v) is 10.9. The first kappa shape index (κ1) is 12.8. The van der Waals surface area contributed by atoms with Crippen LogP contribution in [0.15, 0.2) is 0 Å². The van der Waals surface area contributed by atoms with Crippen LogP contribution in [0.1, 0.15) is 26.7 Å². The van der Waals surface area contributed by atoms with Crippen molar-refractivity contribution in [1.29, 1.82) is 0 Å². The van der Waals surface area contributed by atoms with Crippen molar-refractivity contribution in [2.24, 2.45) is 17.8 Å². The Bertz CT molecular complexity index is 266. The summed E-state index contributed by atoms with van der Waals surface area (Å²) >= 11 is 0. The van der Waals surface area contributed by atoms with Crippen molar-refractivity contribution in [3.8, 4) is 0 Å². The minimum absolute atomic E-state index is 0.0126. The molecular formula is C13H24N2O2. The molecule has 0 aromatic rings. The van der Waals surface area contributed by atoms with Crippen molar-refractivity contribution < 1.29 is 9.53 Å². The maximum Gasteiger partial charge on any atom is 0.227 e. The van der Waals surface area contributed by atoms with Crippen LogP contribution in [0.5, 0.6) is 0 Å². The highest BCUT2D eigenvalue weighted by molar-refractivity contribution is 5.79. The molecule has 2 rings (SSSR count). The Kier molecular flexibility index (Phi) is 4.40. The fourth-order valence-electron chi connectivity index (χ4n) is 2.50. The van der Waals surface area contributed by atoms with Gasteiger partial charge in [-0.05, 0) is 31.2 Å². The van der Waals surface area contributed by atoms with Gasteiger partial charge in [-0.3, -0.25) is 4.79 Å². The molecule has 1 heterocycles. The van der Waals surface area contributed by atoms with Crippen molar-refractivity contribution in [3.63, 3.8) is 0 Å². The van der Waals surface area contributed by atoms with E-state index in [9.17, 15) is 4.79 Å². The molecule has 2 aliphatic rings. The topological polar surface area (TPSA) is 50.4 Å². The van der Waals surface area contributed by atoms with Gasteiger partial charge in [0, 0.05) is 12.6 Å². The number of nitrogens with one attached hydrogen (secondary N) is 2. The third-order valence-electron chi connectivity index (χ3n) is 3.91. The van der Waals surface area contributed by atoms with E-state index in [1.807, 2.05) is 0 Å². The first-order valence-corrected chi connectivity index (χ1v) is 6.81. The number of hydrogen-bond donors (Lipinski definition) is 2. The number of carbonyl (C=O) groups is 1. The van der Waals surface area contributed by atoms with Crippen molar-refractivity contribution >= 4 is 5.91 Å². The van der Waals surface area contributed by atoms with Crippen LogP contribution >= 0.6 is 0 Å². The normalized spacial score (nSPS) is 30.2. The van der Waals surface area contributed by atoms with Crippen molar-refractivity contribution in [1.82, 2.24) is 10.6 Å². The second kappa shape index (κ2) is 5.83. The molecule has 1 saturated heterocycles. The Morgan fingerprint density at radius 1 is 1.41 bits per heavy atom. The molecule has 1 aliphatic carbocycles. The van der Waals surface area contributed by atoms with Crippen LogP contribution < -0.4 is 10.6 Å². The average molecular weight is 240 g/mol. The summed E-state index contributed by atoms with van der Waals surface area (Å²) in [7, 11) is 0. The van der Waals surface area contributed by atoms with E-state index >= 15 is 0 Å². The van der Waals surface area contributed by atoms with E-state index in [1.165, 1.54) is 12.8 Å². The van der Waals surface area contributed by atoms with Crippen LogP contribution in [0.3, 0.4) is 0 Å². The number of carbonyl (C=O) groups excluding carboxylic acids is 1. The van der Waals surface area contributed by atoms with Crippen LogP contribution in [-0.2, 0) is 9.53 Å². The van der Waals surface area contributed by atoms with Crippen molar-refractivity contribution in [3.05, 3.63) is 0 Å². The molecule has 98 valence electrons. The Morgan fingerprint density at radius 3 is 2.82 bits per heavy atom. The van der Waals surface area contributed by atoms with E-state index < -0.39 is 0 Å². The number of amides is 1. The minimum Gasteiger partial charge on any atom is -0.379 e. The average Bonchev–Trinajstić information content (AvgIpc) is 3.07. The lowest BCUT2D eigenvalue weighted by molar-refractivity contribution is -0.125. The zero-order chi connectivity index (χ0) is 12.3. The van der Waals surface area contributed by atoms with Crippen LogP contribution in [0.4, 0.5) is 0 Å². The molecule has 2 N–H and O–H groups in total. The van der Waals surface area contributed by atoms with Crippen molar-refractivity contribution in [2.75, 3.05) is 26.3 Å². The second-order valence-corrected chi connectivity index (χ2v) is 5.37. The molecule has 2 fully saturated rings. The molecule has 0 bridgehead atoms. The van der Waals surface area contributed by atoms with Gasteiger partial charge in [0.25, 0.3) is 0 Å². The molecule has 0 spiro atoms. The number of rotatable bonds is 6. The lowest BCUT2D eigenvalue weighted by atomic mass is 10.0. The van der Waals surface area contributed by atoms with Gasteiger partial charge < -0.3 is 15.4 Å². The molecule has 0 aromatic heterocycles. The zero-order valence-electron chi connectivity index (χ0n) is 10.9. The Morgan fingerprint density at radius 2 is 2.18 bits per heavy atom. The summed E-state index contributed by atoms with van der Waals surface area (Å²) in [6.07, 6.45) is 2.67. The SMILES string of the molecule is CCNC1COCC1C(=O)NCC(C)C1CC1. The molecular weight excluding hydrogens is 216 g/mol. The predicted octanol–water partition coefficient (Wildman–Crippen LogP) is 0.773. The van der Waals surface area contributed by atoms with Gasteiger partial charge in [-0.1, -0.05) is 13.8 Å². The van der Waals surface area contributed by atoms with Gasteiger partial charge in [0.1, 0.15) is 0 Å². The highest BCUT2D eigenvalue weighted by Gasteiger charge is 2.34. The monoisotopic (exact) mass is 240 g/mol. The number of hydrogen-bond acceptors (Lipinski definition) is 3. The van der Waals surface area contributed by atoms with Crippen LogP contribution in [0.25, 0.3) is 0 Å². The Hall–Kier alpha value is -0.610. The van der Waals surface area contributed by atoms with Gasteiger partial charge in [-0.15, -0.1) is 0 Å². The Labute approximate surface area is 103 Å². The van der Waals surface area contributed by atoms with Gasteiger partial charge in [0.05, 0.1) is 19.1 Å². The minimum atomic E-state index is -0.0126. The van der Waals surface area contributed by atoms with E-state index in [0.29, 0.717) is 19.1 Å². The molecule has 17 heavy (non-hydrogen) atoms. The highest BCUT2D eigenvalue weighted by Crippen LogP contribution is 2.36. The van der Waals surface area contributed by atoms with E-state index in [-0.39, 0.29) is 17.9 Å². The quantitative estimate of drug-likeness (QED) is 0.721. The molecule has 1 saturated carbocycles. The number of likely N-dealkylation sites (N-methyl/N-ethyl adjacent to an activating group) is 1. The molecule has 4 heteroatoms. The van der Waals surface area contributed by atoms with Gasteiger partial charge >= 0.3 is 0 Å². The van der Waals surface area contributed by atoms with E-state index in [4.69, 9.17) is 4.74 Å². The highest BCUT2D eigenvalue weighted by atomic mass is 16.5. The molecule has 3 unspecified atom stereocenters. The molecule has 0 radical (unpaired) electrons. The maximum absolute atomic E-state index is 12.0. The fraction of sp³-hybridized carbons (Fsp3) is 0.923. The standard InChI is InChI=1S/C13H24N2O2/c1-3-14-12-8-17-7-11(12)13(16)15-6-9(2)10-4-5-10/h9-12,14H,3-8H2,1-2H3,(H,15,16). The smallest absolute Gasteiger partial charge is 0.227 e. The van der Waals surface area contributed by atoms with Crippen LogP contribution in [0, 0.1) is 17.8 Å². The summed E-state index contributed by atoms with van der Waals surface area (Å²) in [5.74, 6) is 1.61. The van der Waals surface area contributed by atoms with Crippen molar-refractivity contribution in [2.45, 2.75) is 32.7 Å². The lowest BCUT2D eigenvalue weighted by Gasteiger charge is -2.19. The van der Waals surface area contributed by atoms with Gasteiger partial charge in [0.2, 0.25) is 5.91 Å². The second-order valence-electron chi connectivity index (χ2n) is 5.37.